The van der Waals surface area contributed by atoms with Crippen LogP contribution < -0.4 is 0 Å². The average Bonchev–Trinajstić information content (AvgIpc) is 2.44. The summed E-state index contributed by atoms with van der Waals surface area (Å²) < 4.78 is 28.2. The molecule has 0 aliphatic carbocycles. The Hall–Kier alpha value is -1.27. The first-order valence-corrected chi connectivity index (χ1v) is 9.69. The molecule has 1 unspecified atom stereocenters. The molecule has 0 bridgehead atoms. The zero-order chi connectivity index (χ0) is 16.2. The molecule has 0 N–H and O–H groups in total. The van der Waals surface area contributed by atoms with Crippen LogP contribution in [0, 0.1) is 0 Å². The van der Waals surface area contributed by atoms with Gasteiger partial charge in [-0.25, -0.2) is 13.2 Å². The molecule has 2 rings (SSSR count). The van der Waals surface area contributed by atoms with Gasteiger partial charge in [-0.3, -0.25) is 0 Å². The van der Waals surface area contributed by atoms with Gasteiger partial charge >= 0.3 is 6.09 Å². The van der Waals surface area contributed by atoms with Crippen LogP contribution >= 0.6 is 10.7 Å². The molecule has 0 spiro atoms. The maximum absolute atomic E-state index is 12.3. The molecule has 1 saturated heterocycles. The number of rotatable bonds is 4. The van der Waals surface area contributed by atoms with Crippen molar-refractivity contribution in [3.8, 4) is 0 Å². The lowest BCUT2D eigenvalue weighted by atomic mass is 9.91. The first-order valence-electron chi connectivity index (χ1n) is 7.21. The van der Waals surface area contributed by atoms with Crippen LogP contribution in [0.15, 0.2) is 30.3 Å². The molecule has 0 saturated carbocycles. The third kappa shape index (κ3) is 4.61. The largest absolute Gasteiger partial charge is 0.445 e. The van der Waals surface area contributed by atoms with E-state index in [-0.39, 0.29) is 12.4 Å². The van der Waals surface area contributed by atoms with Crippen LogP contribution in [0.5, 0.6) is 0 Å². The summed E-state index contributed by atoms with van der Waals surface area (Å²) in [6.07, 6.45) is 1.80. The first kappa shape index (κ1) is 17.1. The molecular weight excluding hydrogens is 326 g/mol. The van der Waals surface area contributed by atoms with Crippen LogP contribution in [-0.4, -0.2) is 37.2 Å². The molecule has 1 atom stereocenters. The Bertz CT molecular complexity index is 620. The van der Waals surface area contributed by atoms with E-state index >= 15 is 0 Å². The highest BCUT2D eigenvalue weighted by molar-refractivity contribution is 8.13. The fourth-order valence-electron chi connectivity index (χ4n) is 2.81. The normalized spacial score (nSPS) is 22.4. The second-order valence-corrected chi connectivity index (χ2v) is 8.61. The highest BCUT2D eigenvalue weighted by Crippen LogP contribution is 2.31. The molecule has 7 heteroatoms. The summed E-state index contributed by atoms with van der Waals surface area (Å²) in [4.78, 5) is 13.8. The summed E-state index contributed by atoms with van der Waals surface area (Å²) in [7, 11) is 1.70. The van der Waals surface area contributed by atoms with Crippen molar-refractivity contribution >= 4 is 25.8 Å². The minimum absolute atomic E-state index is 0.167. The number of carbonyl (C=O) groups excluding carboxylic acids is 1. The number of piperidine rings is 1. The van der Waals surface area contributed by atoms with Crippen LogP contribution in [0.25, 0.3) is 0 Å². The number of hydrogen-bond acceptors (Lipinski definition) is 4. The molecule has 5 nitrogen and oxygen atoms in total. The Morgan fingerprint density at radius 3 is 2.64 bits per heavy atom. The van der Waals surface area contributed by atoms with Crippen molar-refractivity contribution < 1.29 is 17.9 Å². The number of ether oxygens (including phenoxy) is 1. The van der Waals surface area contributed by atoms with Gasteiger partial charge in [0.2, 0.25) is 9.05 Å². The van der Waals surface area contributed by atoms with Gasteiger partial charge in [0.05, 0.1) is 11.3 Å². The molecule has 1 amide bonds. The van der Waals surface area contributed by atoms with Crippen molar-refractivity contribution in [3.05, 3.63) is 35.9 Å². The predicted molar refractivity (Wildman–Crippen MR) is 85.2 cm³/mol. The minimum Gasteiger partial charge on any atom is -0.445 e. The van der Waals surface area contributed by atoms with Crippen LogP contribution in [0.1, 0.15) is 31.7 Å². The quantitative estimate of drug-likeness (QED) is 0.786. The smallest absolute Gasteiger partial charge is 0.410 e. The molecule has 0 aromatic heterocycles. The molecule has 0 radical (unpaired) electrons. The topological polar surface area (TPSA) is 63.7 Å². The summed E-state index contributed by atoms with van der Waals surface area (Å²) in [6, 6.07) is 9.36. The molecule has 1 aromatic rings. The van der Waals surface area contributed by atoms with Crippen LogP contribution in [0.4, 0.5) is 4.79 Å². The SMILES string of the molecule is CC1(CS(=O)(=O)Cl)CCCCN1C(=O)OCc1ccccc1. The maximum atomic E-state index is 12.3. The molecule has 1 aromatic carbocycles. The number of hydrogen-bond donors (Lipinski definition) is 0. The van der Waals surface area contributed by atoms with Gasteiger partial charge in [0.1, 0.15) is 6.61 Å². The van der Waals surface area contributed by atoms with Gasteiger partial charge in [0.15, 0.2) is 0 Å². The summed E-state index contributed by atoms with van der Waals surface area (Å²) in [6.45, 7) is 2.40. The molecule has 1 heterocycles. The van der Waals surface area contributed by atoms with Crippen LogP contribution in [0.2, 0.25) is 0 Å². The summed E-state index contributed by atoms with van der Waals surface area (Å²) in [5, 5.41) is 0. The van der Waals surface area contributed by atoms with Gasteiger partial charge in [-0.05, 0) is 31.7 Å². The Labute approximate surface area is 135 Å². The standard InChI is InChI=1S/C15H20ClNO4S/c1-15(12-22(16,19)20)9-5-6-10-17(15)14(18)21-11-13-7-3-2-4-8-13/h2-4,7-8H,5-6,9-12H2,1H3. The molecule has 1 fully saturated rings. The van der Waals surface area contributed by atoms with Crippen molar-refractivity contribution in [1.82, 2.24) is 4.90 Å². The predicted octanol–water partition coefficient (Wildman–Crippen LogP) is 3.14. The first-order chi connectivity index (χ1) is 10.3. The molecule has 22 heavy (non-hydrogen) atoms. The number of halogens is 1. The second kappa shape index (κ2) is 6.87. The van der Waals surface area contributed by atoms with Gasteiger partial charge in [0, 0.05) is 17.2 Å². The van der Waals surface area contributed by atoms with Crippen molar-refractivity contribution in [3.63, 3.8) is 0 Å². The van der Waals surface area contributed by atoms with Gasteiger partial charge in [-0.15, -0.1) is 0 Å². The fraction of sp³-hybridized carbons (Fsp3) is 0.533. The van der Waals surface area contributed by atoms with E-state index in [1.807, 2.05) is 30.3 Å². The maximum Gasteiger partial charge on any atom is 0.410 e. The number of nitrogens with zero attached hydrogens (tertiary/aromatic N) is 1. The average molecular weight is 346 g/mol. The number of amides is 1. The Morgan fingerprint density at radius 1 is 1.32 bits per heavy atom. The monoisotopic (exact) mass is 345 g/mol. The zero-order valence-corrected chi connectivity index (χ0v) is 14.1. The Kier molecular flexibility index (Phi) is 5.34. The Morgan fingerprint density at radius 2 is 2.00 bits per heavy atom. The van der Waals surface area contributed by atoms with Crippen molar-refractivity contribution in [2.45, 2.75) is 38.3 Å². The van der Waals surface area contributed by atoms with E-state index < -0.39 is 20.7 Å². The lowest BCUT2D eigenvalue weighted by Crippen LogP contribution is -2.55. The second-order valence-electron chi connectivity index (χ2n) is 5.83. The Balaban J connectivity index is 2.05. The van der Waals surface area contributed by atoms with Crippen LogP contribution in [-0.2, 0) is 20.4 Å². The van der Waals surface area contributed by atoms with Gasteiger partial charge < -0.3 is 9.64 Å². The van der Waals surface area contributed by atoms with E-state index in [9.17, 15) is 13.2 Å². The lowest BCUT2D eigenvalue weighted by Gasteiger charge is -2.43. The van der Waals surface area contributed by atoms with E-state index in [4.69, 9.17) is 15.4 Å². The van der Waals surface area contributed by atoms with E-state index in [1.54, 1.807) is 6.92 Å². The summed E-state index contributed by atoms with van der Waals surface area (Å²) in [5.74, 6) is -0.262. The zero-order valence-electron chi connectivity index (χ0n) is 12.5. The fourth-order valence-corrected chi connectivity index (χ4v) is 4.56. The molecule has 1 aliphatic rings. The van der Waals surface area contributed by atoms with Gasteiger partial charge in [-0.1, -0.05) is 30.3 Å². The summed E-state index contributed by atoms with van der Waals surface area (Å²) >= 11 is 0. The van der Waals surface area contributed by atoms with E-state index in [1.165, 1.54) is 4.90 Å². The van der Waals surface area contributed by atoms with Crippen molar-refractivity contribution in [2.24, 2.45) is 0 Å². The number of likely N-dealkylation sites (tertiary alicyclic amines) is 1. The van der Waals surface area contributed by atoms with Gasteiger partial charge in [-0.2, -0.15) is 0 Å². The van der Waals surface area contributed by atoms with Crippen molar-refractivity contribution in [2.75, 3.05) is 12.3 Å². The summed E-state index contributed by atoms with van der Waals surface area (Å²) in [5.41, 5.74) is 0.0756. The van der Waals surface area contributed by atoms with E-state index in [2.05, 4.69) is 0 Å². The highest BCUT2D eigenvalue weighted by atomic mass is 35.7. The number of benzene rings is 1. The molecular formula is C15H20ClNO4S. The van der Waals surface area contributed by atoms with Crippen molar-refractivity contribution in [1.29, 1.82) is 0 Å². The third-order valence-electron chi connectivity index (χ3n) is 3.91. The lowest BCUT2D eigenvalue weighted by molar-refractivity contribution is 0.0408. The van der Waals surface area contributed by atoms with Gasteiger partial charge in [0.25, 0.3) is 0 Å². The van der Waals surface area contributed by atoms with E-state index in [0.29, 0.717) is 13.0 Å². The number of carbonyl (C=O) groups is 1. The highest BCUT2D eigenvalue weighted by Gasteiger charge is 2.41. The molecule has 122 valence electrons. The van der Waals surface area contributed by atoms with E-state index in [0.717, 1.165) is 18.4 Å². The minimum atomic E-state index is -3.69. The molecule has 1 aliphatic heterocycles. The third-order valence-corrected chi connectivity index (χ3v) is 5.20. The van der Waals surface area contributed by atoms with Crippen LogP contribution in [0.3, 0.4) is 0 Å².